The number of carbonyl (C=O) groups is 2. The lowest BCUT2D eigenvalue weighted by molar-refractivity contribution is -0.640. The van der Waals surface area contributed by atoms with Gasteiger partial charge in [-0.1, -0.05) is 30.3 Å². The van der Waals surface area contributed by atoms with E-state index in [1.165, 1.54) is 16.8 Å². The Kier molecular flexibility index (Phi) is 8.37. The average Bonchev–Trinajstić information content (AvgIpc) is 3.64. The van der Waals surface area contributed by atoms with Crippen molar-refractivity contribution in [2.45, 2.75) is 55.7 Å². The number of carboxylic acid groups (broad SMARTS) is 1. The normalized spacial score (nSPS) is 25.8. The molecule has 2 saturated heterocycles. The number of carbonyl (C=O) groups excluding carboxylic acids is 2. The van der Waals surface area contributed by atoms with Crippen LogP contribution in [-0.2, 0) is 21.4 Å². The van der Waals surface area contributed by atoms with Crippen molar-refractivity contribution < 1.29 is 38.2 Å². The fourth-order valence-electron chi connectivity index (χ4n) is 6.85. The number of pyridine rings is 1. The monoisotopic (exact) mass is 590 g/mol. The number of amides is 1. The molecular weight excluding hydrogens is 559 g/mol. The van der Waals surface area contributed by atoms with Crippen LogP contribution in [0.4, 0.5) is 13.2 Å². The minimum Gasteiger partial charge on any atom is -0.542 e. The van der Waals surface area contributed by atoms with Gasteiger partial charge in [-0.3, -0.25) is 4.79 Å². The number of nitrogens with zero attached hydrogens (tertiary/aromatic N) is 2. The van der Waals surface area contributed by atoms with E-state index >= 15 is 0 Å². The molecule has 1 aromatic carbocycles. The molecule has 41 heavy (non-hydrogen) atoms. The van der Waals surface area contributed by atoms with Gasteiger partial charge in [0.2, 0.25) is 5.91 Å². The van der Waals surface area contributed by atoms with E-state index in [1.807, 2.05) is 12.3 Å². The van der Waals surface area contributed by atoms with E-state index in [1.54, 1.807) is 6.20 Å². The predicted octanol–water partition coefficient (Wildman–Crippen LogP) is 2.09. The number of rotatable bonds is 3. The number of piperidine rings is 1. The molecule has 1 spiro atoms. The number of quaternary nitrogens is 1. The lowest BCUT2D eigenvalue weighted by Crippen LogP contribution is -2.82. The van der Waals surface area contributed by atoms with E-state index in [4.69, 9.17) is 21.5 Å². The van der Waals surface area contributed by atoms with E-state index in [0.717, 1.165) is 57.6 Å². The summed E-state index contributed by atoms with van der Waals surface area (Å²) in [5.74, 6) is -1.44. The van der Waals surface area contributed by atoms with Crippen molar-refractivity contribution in [1.29, 1.82) is 0 Å². The zero-order valence-corrected chi connectivity index (χ0v) is 23.0. The summed E-state index contributed by atoms with van der Waals surface area (Å²) in [6, 6.07) is 14.8. The maximum atomic E-state index is 14.3. The van der Waals surface area contributed by atoms with Crippen molar-refractivity contribution in [3.05, 3.63) is 82.7 Å². The molecule has 3 aromatic rings. The Labute approximate surface area is 240 Å². The molecule has 2 aliphatic heterocycles. The number of likely N-dealkylation sites (tertiary alicyclic amines) is 1. The number of aromatic amines is 2. The molecule has 0 saturated carbocycles. The van der Waals surface area contributed by atoms with E-state index < -0.39 is 12.1 Å². The first-order chi connectivity index (χ1) is 19.6. The van der Waals surface area contributed by atoms with E-state index in [2.05, 4.69) is 61.6 Å². The molecule has 0 radical (unpaired) electrons. The molecule has 4 N–H and O–H groups in total. The standard InChI is InChI=1S/C27H30ClN5O.C2HF3O2/c28-24-9-8-20-22(32-24)7-4-11-27(20)17-29-16-21(27)26(34)33-14-10-19(18-5-2-1-3-6-18)15-23(33)25-30-12-13-31-25;3-2(4,5)1(6)7/h1-3,5-6,8-9,12-13,19,21,23,29H,4,7,10-11,14-17H2,(H,30,31);(H,6,7)/p+1/t19-,21+,23?,27+;/m1./s1. The fourth-order valence-corrected chi connectivity index (χ4v) is 7.03. The zero-order valence-electron chi connectivity index (χ0n) is 22.3. The van der Waals surface area contributed by atoms with Gasteiger partial charge in [-0.25, -0.2) is 4.98 Å². The number of aromatic nitrogens is 3. The number of nitrogens with two attached hydrogens (primary N) is 1. The Bertz CT molecular complexity index is 1370. The molecule has 4 atom stereocenters. The highest BCUT2D eigenvalue weighted by Crippen LogP contribution is 2.46. The number of benzene rings is 1. The summed E-state index contributed by atoms with van der Waals surface area (Å²) in [6.07, 6.45) is 3.48. The number of alkyl halides is 3. The largest absolute Gasteiger partial charge is 0.542 e. The van der Waals surface area contributed by atoms with E-state index in [0.29, 0.717) is 11.1 Å². The first-order valence-corrected chi connectivity index (χ1v) is 14.1. The topological polar surface area (TPSA) is 120 Å². The van der Waals surface area contributed by atoms with Crippen LogP contribution in [0, 0.1) is 5.92 Å². The molecule has 0 bridgehead atoms. The van der Waals surface area contributed by atoms with E-state index in [-0.39, 0.29) is 23.3 Å². The third kappa shape index (κ3) is 5.97. The van der Waals surface area contributed by atoms with Crippen LogP contribution in [0.5, 0.6) is 0 Å². The maximum absolute atomic E-state index is 14.3. The van der Waals surface area contributed by atoms with Gasteiger partial charge in [0.25, 0.3) is 5.15 Å². The zero-order chi connectivity index (χ0) is 29.2. The quantitative estimate of drug-likeness (QED) is 0.454. The summed E-state index contributed by atoms with van der Waals surface area (Å²) in [5, 5.41) is 11.8. The highest BCUT2D eigenvalue weighted by atomic mass is 35.5. The average molecular weight is 591 g/mol. The Morgan fingerprint density at radius 2 is 1.95 bits per heavy atom. The first kappa shape index (κ1) is 29.1. The van der Waals surface area contributed by atoms with Gasteiger partial charge in [0.1, 0.15) is 17.7 Å². The minimum absolute atomic E-state index is 0.0288. The second-order valence-electron chi connectivity index (χ2n) is 10.9. The molecular formula is C29H32ClF3N5O3+. The first-order valence-electron chi connectivity index (χ1n) is 13.8. The number of hydrogen-bond donors (Lipinski definition) is 2. The molecule has 4 heterocycles. The lowest BCUT2D eigenvalue weighted by atomic mass is 9.65. The molecule has 1 unspecified atom stereocenters. The number of nitrogens with one attached hydrogen (secondary N) is 2. The van der Waals surface area contributed by atoms with Crippen LogP contribution in [0.3, 0.4) is 0 Å². The number of aryl methyl sites for hydroxylation is 1. The summed E-state index contributed by atoms with van der Waals surface area (Å²) in [5.41, 5.74) is 3.72. The Morgan fingerprint density at radius 1 is 1.20 bits per heavy atom. The van der Waals surface area contributed by atoms with Crippen molar-refractivity contribution in [3.63, 3.8) is 0 Å². The van der Waals surface area contributed by atoms with Crippen LogP contribution < -0.4 is 15.4 Å². The SMILES string of the molecule is O=C([C@@H]1C[NH2+]C[C@]12CCCc1[nH+]c(Cl)ccc12)N1CC[C@@H](c2ccccc2)CC1c1ncc[nH]1.O=C([O-])C(F)(F)F. The van der Waals surface area contributed by atoms with Gasteiger partial charge in [0.15, 0.2) is 5.69 Å². The minimum atomic E-state index is -5.19. The van der Waals surface area contributed by atoms with Gasteiger partial charge in [-0.05, 0) is 54.8 Å². The number of halogens is 4. The molecule has 8 nitrogen and oxygen atoms in total. The Morgan fingerprint density at radius 3 is 2.63 bits per heavy atom. The molecule has 3 aliphatic rings. The van der Waals surface area contributed by atoms with Crippen molar-refractivity contribution in [2.75, 3.05) is 19.6 Å². The van der Waals surface area contributed by atoms with E-state index in [9.17, 15) is 18.0 Å². The van der Waals surface area contributed by atoms with Crippen molar-refractivity contribution in [2.24, 2.45) is 5.92 Å². The molecule has 2 fully saturated rings. The third-order valence-electron chi connectivity index (χ3n) is 8.68. The lowest BCUT2D eigenvalue weighted by Gasteiger charge is -2.42. The van der Waals surface area contributed by atoms with Crippen LogP contribution in [0.1, 0.15) is 60.3 Å². The van der Waals surface area contributed by atoms with Crippen molar-refractivity contribution in [1.82, 2.24) is 14.9 Å². The van der Waals surface area contributed by atoms with Gasteiger partial charge in [-0.2, -0.15) is 18.2 Å². The van der Waals surface area contributed by atoms with Crippen molar-refractivity contribution >= 4 is 23.5 Å². The number of carboxylic acids is 1. The maximum Gasteiger partial charge on any atom is 0.430 e. The molecule has 6 rings (SSSR count). The van der Waals surface area contributed by atoms with Gasteiger partial charge in [0, 0.05) is 37.0 Å². The Balaban J connectivity index is 0.000000431. The number of H-pyrrole nitrogens is 2. The van der Waals surface area contributed by atoms with Crippen LogP contribution in [0.25, 0.3) is 0 Å². The third-order valence-corrected chi connectivity index (χ3v) is 8.90. The fraction of sp³-hybridized carbons (Fsp3) is 0.448. The molecule has 1 amide bonds. The number of aliphatic carboxylic acids is 1. The molecule has 218 valence electrons. The summed E-state index contributed by atoms with van der Waals surface area (Å²) in [7, 11) is 0. The second-order valence-corrected chi connectivity index (χ2v) is 11.3. The number of hydrogen-bond acceptors (Lipinski definition) is 4. The van der Waals surface area contributed by atoms with Gasteiger partial charge >= 0.3 is 6.18 Å². The molecule has 2 aromatic heterocycles. The summed E-state index contributed by atoms with van der Waals surface area (Å²) >= 11 is 6.28. The molecule has 12 heteroatoms. The number of fused-ring (bicyclic) bond motifs is 2. The van der Waals surface area contributed by atoms with Crippen LogP contribution in [0.2, 0.25) is 5.15 Å². The smallest absolute Gasteiger partial charge is 0.430 e. The van der Waals surface area contributed by atoms with Crippen LogP contribution in [0.15, 0.2) is 54.9 Å². The Hall–Kier alpha value is -3.44. The molecule has 1 aliphatic carbocycles. The highest BCUT2D eigenvalue weighted by molar-refractivity contribution is 6.28. The summed E-state index contributed by atoms with van der Waals surface area (Å²) in [4.78, 5) is 36.5. The van der Waals surface area contributed by atoms with Crippen LogP contribution in [-0.4, -0.2) is 52.6 Å². The van der Waals surface area contributed by atoms with Gasteiger partial charge in [0.05, 0.1) is 24.5 Å². The van der Waals surface area contributed by atoms with Gasteiger partial charge in [-0.15, -0.1) is 0 Å². The van der Waals surface area contributed by atoms with Crippen LogP contribution >= 0.6 is 11.6 Å². The number of imidazole rings is 1. The highest BCUT2D eigenvalue weighted by Gasteiger charge is 2.56. The summed E-state index contributed by atoms with van der Waals surface area (Å²) in [6.45, 7) is 2.55. The van der Waals surface area contributed by atoms with Gasteiger partial charge < -0.3 is 25.1 Å². The second kappa shape index (κ2) is 11.8. The van der Waals surface area contributed by atoms with Crippen molar-refractivity contribution in [3.8, 4) is 0 Å². The summed E-state index contributed by atoms with van der Waals surface area (Å²) < 4.78 is 31.5. The predicted molar refractivity (Wildman–Crippen MR) is 140 cm³/mol.